The van der Waals surface area contributed by atoms with Crippen molar-refractivity contribution in [2.24, 2.45) is 0 Å². The molecule has 0 heterocycles. The second kappa shape index (κ2) is 12.7. The number of urea groups is 1. The van der Waals surface area contributed by atoms with Crippen LogP contribution in [0.2, 0.25) is 0 Å². The first-order valence-corrected chi connectivity index (χ1v) is 10.5. The fourth-order valence-corrected chi connectivity index (χ4v) is 2.97. The number of hydrogen-bond donors (Lipinski definition) is 1. The van der Waals surface area contributed by atoms with Crippen LogP contribution in [0.25, 0.3) is 0 Å². The summed E-state index contributed by atoms with van der Waals surface area (Å²) in [7, 11) is 1.64. The molecule has 158 valence electrons. The van der Waals surface area contributed by atoms with Gasteiger partial charge in [-0.05, 0) is 36.1 Å². The lowest BCUT2D eigenvalue weighted by Gasteiger charge is -2.23. The van der Waals surface area contributed by atoms with Crippen molar-refractivity contribution in [2.75, 3.05) is 20.2 Å². The third-order valence-electron chi connectivity index (χ3n) is 4.71. The Morgan fingerprint density at radius 1 is 0.966 bits per heavy atom. The zero-order valence-corrected chi connectivity index (χ0v) is 17.9. The highest BCUT2D eigenvalue weighted by atomic mass is 16.5. The Labute approximate surface area is 175 Å². The fourth-order valence-electron chi connectivity index (χ4n) is 2.97. The van der Waals surface area contributed by atoms with Gasteiger partial charge in [0.1, 0.15) is 6.61 Å². The number of carbonyl (C=O) groups is 1. The fraction of sp³-hybridized carbons (Fsp3) is 0.458. The third kappa shape index (κ3) is 7.68. The Morgan fingerprint density at radius 3 is 2.41 bits per heavy atom. The Kier molecular flexibility index (Phi) is 9.90. The van der Waals surface area contributed by atoms with Crippen LogP contribution < -0.4 is 14.8 Å². The molecule has 0 aliphatic heterocycles. The number of hydrogen-bond acceptors (Lipinski definition) is 3. The molecule has 2 amide bonds. The summed E-state index contributed by atoms with van der Waals surface area (Å²) in [6, 6.07) is 15.9. The van der Waals surface area contributed by atoms with Gasteiger partial charge in [0.2, 0.25) is 0 Å². The van der Waals surface area contributed by atoms with Gasteiger partial charge in [-0.3, -0.25) is 0 Å². The van der Waals surface area contributed by atoms with Crippen molar-refractivity contribution in [3.05, 3.63) is 59.7 Å². The quantitative estimate of drug-likeness (QED) is 0.488. The highest BCUT2D eigenvalue weighted by Crippen LogP contribution is 2.29. The van der Waals surface area contributed by atoms with E-state index in [0.717, 1.165) is 43.4 Å². The summed E-state index contributed by atoms with van der Waals surface area (Å²) < 4.78 is 11.5. The first-order valence-electron chi connectivity index (χ1n) is 10.5. The van der Waals surface area contributed by atoms with Gasteiger partial charge in [0.15, 0.2) is 11.5 Å². The summed E-state index contributed by atoms with van der Waals surface area (Å²) >= 11 is 0. The van der Waals surface area contributed by atoms with Crippen LogP contribution in [-0.4, -0.2) is 31.1 Å². The topological polar surface area (TPSA) is 50.8 Å². The molecule has 0 radical (unpaired) electrons. The highest BCUT2D eigenvalue weighted by molar-refractivity contribution is 5.74. The maximum Gasteiger partial charge on any atom is 0.317 e. The molecule has 0 fully saturated rings. The monoisotopic (exact) mass is 398 g/mol. The molecule has 0 aliphatic rings. The minimum absolute atomic E-state index is 0.00438. The average Bonchev–Trinajstić information content (AvgIpc) is 2.76. The third-order valence-corrected chi connectivity index (χ3v) is 4.71. The first kappa shape index (κ1) is 22.6. The molecular formula is C24H34N2O3. The van der Waals surface area contributed by atoms with Gasteiger partial charge >= 0.3 is 6.03 Å². The van der Waals surface area contributed by atoms with E-state index in [1.165, 1.54) is 0 Å². The Morgan fingerprint density at radius 2 is 1.72 bits per heavy atom. The summed E-state index contributed by atoms with van der Waals surface area (Å²) in [5.74, 6) is 1.38. The van der Waals surface area contributed by atoms with Crippen LogP contribution in [-0.2, 0) is 13.2 Å². The second-order valence-electron chi connectivity index (χ2n) is 7.12. The molecule has 0 saturated heterocycles. The molecule has 0 aromatic heterocycles. The number of unbranched alkanes of at least 4 members (excludes halogenated alkanes) is 2. The number of ether oxygens (including phenoxy) is 2. The molecule has 2 rings (SSSR count). The van der Waals surface area contributed by atoms with Gasteiger partial charge in [-0.2, -0.15) is 0 Å². The van der Waals surface area contributed by atoms with Crippen molar-refractivity contribution in [1.29, 1.82) is 0 Å². The molecule has 0 bridgehead atoms. The van der Waals surface area contributed by atoms with Crippen molar-refractivity contribution >= 4 is 6.03 Å². The zero-order chi connectivity index (χ0) is 20.9. The molecular weight excluding hydrogens is 364 g/mol. The van der Waals surface area contributed by atoms with Crippen molar-refractivity contribution in [3.8, 4) is 11.5 Å². The Balaban J connectivity index is 2.04. The van der Waals surface area contributed by atoms with Gasteiger partial charge in [-0.15, -0.1) is 0 Å². The van der Waals surface area contributed by atoms with Crippen LogP contribution in [0.1, 0.15) is 50.7 Å². The number of benzene rings is 2. The lowest BCUT2D eigenvalue weighted by molar-refractivity contribution is 0.194. The predicted octanol–water partition coefficient (Wildman–Crippen LogP) is 5.39. The number of nitrogens with zero attached hydrogens (tertiary/aromatic N) is 1. The molecule has 0 atom stereocenters. The van der Waals surface area contributed by atoms with Crippen molar-refractivity contribution < 1.29 is 14.3 Å². The summed E-state index contributed by atoms with van der Waals surface area (Å²) in [5.41, 5.74) is 2.13. The van der Waals surface area contributed by atoms with Gasteiger partial charge < -0.3 is 19.7 Å². The summed E-state index contributed by atoms with van der Waals surface area (Å²) in [6.07, 6.45) is 4.09. The van der Waals surface area contributed by atoms with Crippen molar-refractivity contribution in [3.63, 3.8) is 0 Å². The molecule has 0 spiro atoms. The maximum atomic E-state index is 12.6. The number of carbonyl (C=O) groups excluding carboxylic acids is 1. The van der Waals surface area contributed by atoms with Gasteiger partial charge in [-0.25, -0.2) is 4.79 Å². The van der Waals surface area contributed by atoms with Crippen molar-refractivity contribution in [1.82, 2.24) is 10.2 Å². The second-order valence-corrected chi connectivity index (χ2v) is 7.12. The van der Waals surface area contributed by atoms with Crippen LogP contribution in [0.3, 0.4) is 0 Å². The molecule has 0 aliphatic carbocycles. The molecule has 5 heteroatoms. The SMILES string of the molecule is CCCCNC(=O)N(CCCC)Cc1ccc(OCc2ccccc2)c(OC)c1. The number of nitrogens with one attached hydrogen (secondary N) is 1. The molecule has 5 nitrogen and oxygen atoms in total. The van der Waals surface area contributed by atoms with E-state index >= 15 is 0 Å². The van der Waals surface area contributed by atoms with Gasteiger partial charge in [-0.1, -0.05) is 63.1 Å². The van der Waals surface area contributed by atoms with E-state index in [9.17, 15) is 4.79 Å². The van der Waals surface area contributed by atoms with Crippen LogP contribution >= 0.6 is 0 Å². The standard InChI is InChI=1S/C24H34N2O3/c1-4-6-15-25-24(27)26(16-7-5-2)18-21-13-14-22(23(17-21)28-3)29-19-20-11-9-8-10-12-20/h8-14,17H,4-7,15-16,18-19H2,1-3H3,(H,25,27). The molecule has 29 heavy (non-hydrogen) atoms. The maximum absolute atomic E-state index is 12.6. The number of methoxy groups -OCH3 is 1. The summed E-state index contributed by atoms with van der Waals surface area (Å²) in [4.78, 5) is 14.4. The minimum Gasteiger partial charge on any atom is -0.493 e. The molecule has 1 N–H and O–H groups in total. The average molecular weight is 399 g/mol. The van der Waals surface area contributed by atoms with Gasteiger partial charge in [0, 0.05) is 19.6 Å². The highest BCUT2D eigenvalue weighted by Gasteiger charge is 2.15. The van der Waals surface area contributed by atoms with E-state index in [1.807, 2.05) is 53.4 Å². The van der Waals surface area contributed by atoms with E-state index in [0.29, 0.717) is 31.2 Å². The summed E-state index contributed by atoms with van der Waals surface area (Å²) in [6.45, 7) is 6.74. The normalized spacial score (nSPS) is 10.4. The van der Waals surface area contributed by atoms with E-state index in [2.05, 4.69) is 19.2 Å². The molecule has 0 unspecified atom stereocenters. The minimum atomic E-state index is -0.00438. The van der Waals surface area contributed by atoms with Crippen LogP contribution in [0.4, 0.5) is 4.79 Å². The lowest BCUT2D eigenvalue weighted by atomic mass is 10.1. The molecule has 0 saturated carbocycles. The summed E-state index contributed by atoms with van der Waals surface area (Å²) in [5, 5.41) is 3.02. The smallest absolute Gasteiger partial charge is 0.317 e. The van der Waals surface area contributed by atoms with E-state index < -0.39 is 0 Å². The lowest BCUT2D eigenvalue weighted by Crippen LogP contribution is -2.40. The van der Waals surface area contributed by atoms with Crippen molar-refractivity contribution in [2.45, 2.75) is 52.7 Å². The van der Waals surface area contributed by atoms with Crippen LogP contribution in [0.15, 0.2) is 48.5 Å². The largest absolute Gasteiger partial charge is 0.493 e. The van der Waals surface area contributed by atoms with Crippen LogP contribution in [0.5, 0.6) is 11.5 Å². The first-order chi connectivity index (χ1) is 14.2. The van der Waals surface area contributed by atoms with E-state index in [-0.39, 0.29) is 6.03 Å². The van der Waals surface area contributed by atoms with Gasteiger partial charge in [0.05, 0.1) is 7.11 Å². The van der Waals surface area contributed by atoms with Gasteiger partial charge in [0.25, 0.3) is 0 Å². The van der Waals surface area contributed by atoms with E-state index in [4.69, 9.17) is 9.47 Å². The zero-order valence-electron chi connectivity index (χ0n) is 17.9. The Bertz CT molecular complexity index is 734. The Hall–Kier alpha value is -2.69. The molecule has 2 aromatic carbocycles. The van der Waals surface area contributed by atoms with Crippen LogP contribution in [0, 0.1) is 0 Å². The number of rotatable bonds is 12. The number of amides is 2. The van der Waals surface area contributed by atoms with E-state index in [1.54, 1.807) is 7.11 Å². The molecule has 2 aromatic rings. The predicted molar refractivity (Wildman–Crippen MR) is 117 cm³/mol.